The van der Waals surface area contributed by atoms with Crippen molar-refractivity contribution < 1.29 is 18.0 Å². The Morgan fingerprint density at radius 1 is 1.29 bits per heavy atom. The van der Waals surface area contributed by atoms with Crippen molar-refractivity contribution in [2.24, 2.45) is 5.73 Å². The van der Waals surface area contributed by atoms with Gasteiger partial charge < -0.3 is 11.1 Å². The number of sulfonamides is 1. The fraction of sp³-hybridized carbons (Fsp3) is 0.467. The van der Waals surface area contributed by atoms with Crippen LogP contribution in [-0.2, 0) is 10.0 Å². The first kappa shape index (κ1) is 20.4. The first-order valence-electron chi connectivity index (χ1n) is 7.43. The number of fused-ring (bicyclic) bond motifs is 1. The lowest BCUT2D eigenvalue weighted by Crippen LogP contribution is -2.36. The number of hydrogen-bond acceptors (Lipinski definition) is 5. The number of carbonyl (C=O) groups excluding carboxylic acids is 2. The zero-order valence-corrected chi connectivity index (χ0v) is 15.4. The summed E-state index contributed by atoms with van der Waals surface area (Å²) in [5.41, 5.74) is 5.92. The summed E-state index contributed by atoms with van der Waals surface area (Å²) in [5.74, 6) is -0.946. The van der Waals surface area contributed by atoms with E-state index in [-0.39, 0.29) is 40.4 Å². The highest BCUT2D eigenvalue weighted by molar-refractivity contribution is 7.90. The first-order valence-corrected chi connectivity index (χ1v) is 8.87. The number of rotatable bonds is 5. The minimum absolute atomic E-state index is 0. The highest BCUT2D eigenvalue weighted by Gasteiger charge is 2.42. The molecule has 3 N–H and O–H groups in total. The zero-order chi connectivity index (χ0) is 17.4. The fourth-order valence-corrected chi connectivity index (χ4v) is 4.21. The average Bonchev–Trinajstić information content (AvgIpc) is 2.65. The average molecular weight is 376 g/mol. The van der Waals surface area contributed by atoms with Crippen LogP contribution in [0.4, 0.5) is 0 Å². The SMILES string of the molecule is CC(N)CCNC(=O)c1ccc2c(c1)S(=O)(=O)N(C(C)C)C2=O.Cl. The molecule has 0 saturated carbocycles. The molecule has 0 aliphatic carbocycles. The monoisotopic (exact) mass is 375 g/mol. The number of amides is 2. The third kappa shape index (κ3) is 3.71. The van der Waals surface area contributed by atoms with Crippen LogP contribution >= 0.6 is 12.4 Å². The maximum Gasteiger partial charge on any atom is 0.269 e. The Morgan fingerprint density at radius 3 is 2.46 bits per heavy atom. The van der Waals surface area contributed by atoms with Gasteiger partial charge in [-0.2, -0.15) is 0 Å². The predicted octanol–water partition coefficient (Wildman–Crippen LogP) is 1.13. The lowest BCUT2D eigenvalue weighted by Gasteiger charge is -2.18. The Balaban J connectivity index is 0.00000288. The van der Waals surface area contributed by atoms with Gasteiger partial charge in [0.25, 0.3) is 21.8 Å². The van der Waals surface area contributed by atoms with Gasteiger partial charge in [-0.3, -0.25) is 9.59 Å². The summed E-state index contributed by atoms with van der Waals surface area (Å²) in [6, 6.07) is 3.58. The molecule has 0 radical (unpaired) electrons. The van der Waals surface area contributed by atoms with E-state index in [2.05, 4.69) is 5.32 Å². The number of nitrogens with two attached hydrogens (primary N) is 1. The second-order valence-corrected chi connectivity index (χ2v) is 7.72. The van der Waals surface area contributed by atoms with Gasteiger partial charge in [-0.15, -0.1) is 12.4 Å². The van der Waals surface area contributed by atoms with E-state index >= 15 is 0 Å². The summed E-state index contributed by atoms with van der Waals surface area (Å²) in [6.45, 7) is 5.49. The second-order valence-electron chi connectivity index (χ2n) is 5.93. The van der Waals surface area contributed by atoms with Crippen LogP contribution in [0.25, 0.3) is 0 Å². The molecule has 1 aliphatic heterocycles. The van der Waals surface area contributed by atoms with Crippen molar-refractivity contribution in [2.45, 2.75) is 44.2 Å². The van der Waals surface area contributed by atoms with E-state index in [1.165, 1.54) is 18.2 Å². The Kier molecular flexibility index (Phi) is 6.38. The lowest BCUT2D eigenvalue weighted by atomic mass is 10.1. The molecule has 0 saturated heterocycles. The van der Waals surface area contributed by atoms with Crippen LogP contribution in [0.5, 0.6) is 0 Å². The van der Waals surface area contributed by atoms with Crippen molar-refractivity contribution in [1.29, 1.82) is 0 Å². The highest BCUT2D eigenvalue weighted by Crippen LogP contribution is 2.32. The molecule has 1 heterocycles. The van der Waals surface area contributed by atoms with Gasteiger partial charge in [0.15, 0.2) is 0 Å². The molecule has 2 rings (SSSR count). The highest BCUT2D eigenvalue weighted by atomic mass is 35.5. The first-order chi connectivity index (χ1) is 10.7. The van der Waals surface area contributed by atoms with Crippen LogP contribution in [0.1, 0.15) is 47.9 Å². The quantitative estimate of drug-likeness (QED) is 0.801. The van der Waals surface area contributed by atoms with Crippen molar-refractivity contribution in [3.05, 3.63) is 29.3 Å². The minimum Gasteiger partial charge on any atom is -0.352 e. The summed E-state index contributed by atoms with van der Waals surface area (Å²) in [5, 5.41) is 2.68. The van der Waals surface area contributed by atoms with Gasteiger partial charge in [0.2, 0.25) is 0 Å². The molecule has 0 fully saturated rings. The van der Waals surface area contributed by atoms with Crippen LogP contribution < -0.4 is 11.1 Å². The van der Waals surface area contributed by atoms with Crippen LogP contribution in [0.15, 0.2) is 23.1 Å². The number of carbonyl (C=O) groups is 2. The third-order valence-corrected chi connectivity index (χ3v) is 5.56. The molecule has 1 atom stereocenters. The molecule has 9 heteroatoms. The van der Waals surface area contributed by atoms with Crippen LogP contribution in [-0.4, -0.2) is 43.2 Å². The molecule has 0 aromatic heterocycles. The maximum atomic E-state index is 12.5. The standard InChI is InChI=1S/C15H21N3O4S.ClH/c1-9(2)18-15(20)12-5-4-11(8-13(12)23(18,21)22)14(19)17-7-6-10(3)16;/h4-5,8-10H,6-7,16H2,1-3H3,(H,17,19);1H. The van der Waals surface area contributed by atoms with Gasteiger partial charge in [0.05, 0.1) is 5.56 Å². The molecule has 1 aromatic carbocycles. The van der Waals surface area contributed by atoms with Crippen LogP contribution in [0.2, 0.25) is 0 Å². The fourth-order valence-electron chi connectivity index (χ4n) is 2.41. The molecule has 1 unspecified atom stereocenters. The molecule has 1 aliphatic rings. The molecule has 7 nitrogen and oxygen atoms in total. The van der Waals surface area contributed by atoms with E-state index in [1.807, 2.05) is 6.92 Å². The van der Waals surface area contributed by atoms with E-state index in [1.54, 1.807) is 13.8 Å². The largest absolute Gasteiger partial charge is 0.352 e. The smallest absolute Gasteiger partial charge is 0.269 e. The van der Waals surface area contributed by atoms with Gasteiger partial charge in [0, 0.05) is 24.2 Å². The summed E-state index contributed by atoms with van der Waals surface area (Å²) >= 11 is 0. The third-order valence-electron chi connectivity index (χ3n) is 3.57. The summed E-state index contributed by atoms with van der Waals surface area (Å²) < 4.78 is 25.8. The van der Waals surface area contributed by atoms with Crippen molar-refractivity contribution in [2.75, 3.05) is 6.54 Å². The molecule has 24 heavy (non-hydrogen) atoms. The van der Waals surface area contributed by atoms with Crippen molar-refractivity contribution in [1.82, 2.24) is 9.62 Å². The van der Waals surface area contributed by atoms with E-state index in [4.69, 9.17) is 5.73 Å². The lowest BCUT2D eigenvalue weighted by molar-refractivity contribution is 0.0845. The maximum absolute atomic E-state index is 12.5. The van der Waals surface area contributed by atoms with Gasteiger partial charge in [-0.05, 0) is 45.4 Å². The predicted molar refractivity (Wildman–Crippen MR) is 92.8 cm³/mol. The molecule has 0 bridgehead atoms. The van der Waals surface area contributed by atoms with Gasteiger partial charge in [-0.25, -0.2) is 12.7 Å². The minimum atomic E-state index is -3.90. The molecule has 134 valence electrons. The van der Waals surface area contributed by atoms with Crippen molar-refractivity contribution >= 4 is 34.2 Å². The van der Waals surface area contributed by atoms with Gasteiger partial charge in [-0.1, -0.05) is 0 Å². The molecular weight excluding hydrogens is 354 g/mol. The molecule has 1 aromatic rings. The Labute approximate surface area is 148 Å². The second kappa shape index (κ2) is 7.50. The summed E-state index contributed by atoms with van der Waals surface area (Å²) in [6.07, 6.45) is 0.620. The molecule has 0 spiro atoms. The van der Waals surface area contributed by atoms with Crippen LogP contribution in [0, 0.1) is 0 Å². The van der Waals surface area contributed by atoms with Crippen molar-refractivity contribution in [3.63, 3.8) is 0 Å². The Morgan fingerprint density at radius 2 is 1.92 bits per heavy atom. The topological polar surface area (TPSA) is 110 Å². The van der Waals surface area contributed by atoms with Crippen molar-refractivity contribution in [3.8, 4) is 0 Å². The Bertz CT molecular complexity index is 747. The summed E-state index contributed by atoms with van der Waals surface area (Å²) in [7, 11) is -3.90. The molecular formula is C15H22ClN3O4S. The van der Waals surface area contributed by atoms with Gasteiger partial charge in [0.1, 0.15) is 4.90 Å². The zero-order valence-electron chi connectivity index (χ0n) is 13.8. The normalized spacial score (nSPS) is 16.5. The number of nitrogens with zero attached hydrogens (tertiary/aromatic N) is 1. The van der Waals surface area contributed by atoms with E-state index < -0.39 is 22.0 Å². The number of nitrogens with one attached hydrogen (secondary N) is 1. The summed E-state index contributed by atoms with van der Waals surface area (Å²) in [4.78, 5) is 24.2. The van der Waals surface area contributed by atoms with E-state index in [0.717, 1.165) is 4.31 Å². The number of hydrogen-bond donors (Lipinski definition) is 2. The van der Waals surface area contributed by atoms with Gasteiger partial charge >= 0.3 is 0 Å². The molecule has 2 amide bonds. The Hall–Kier alpha value is -1.64. The van der Waals surface area contributed by atoms with E-state index in [9.17, 15) is 18.0 Å². The van der Waals surface area contributed by atoms with E-state index in [0.29, 0.717) is 13.0 Å². The number of halogens is 1. The number of benzene rings is 1. The van der Waals surface area contributed by atoms with Crippen LogP contribution in [0.3, 0.4) is 0 Å².